The second-order valence-corrected chi connectivity index (χ2v) is 9.52. The van der Waals surface area contributed by atoms with E-state index < -0.39 is 20.0 Å². The number of hydrogen-bond donors (Lipinski definition) is 2. The minimum absolute atomic E-state index is 0.0413. The summed E-state index contributed by atoms with van der Waals surface area (Å²) in [4.78, 5) is 0.0413. The molecule has 0 bridgehead atoms. The Hall–Kier alpha value is -0.960. The molecule has 0 aliphatic rings. The third-order valence-electron chi connectivity index (χ3n) is 2.61. The zero-order chi connectivity index (χ0) is 16.3. The van der Waals surface area contributed by atoms with E-state index in [0.717, 1.165) is 5.56 Å². The van der Waals surface area contributed by atoms with Gasteiger partial charge in [-0.25, -0.2) is 26.7 Å². The maximum Gasteiger partial charge on any atom is 0.238 e. The van der Waals surface area contributed by atoms with Crippen LogP contribution in [0.25, 0.3) is 0 Å². The first-order valence-electron chi connectivity index (χ1n) is 6.48. The molecule has 0 atom stereocenters. The predicted molar refractivity (Wildman–Crippen MR) is 82.8 cm³/mol. The van der Waals surface area contributed by atoms with Gasteiger partial charge in [-0.15, -0.1) is 0 Å². The third kappa shape index (κ3) is 7.03. The highest BCUT2D eigenvalue weighted by atomic mass is 32.2. The van der Waals surface area contributed by atoms with Gasteiger partial charge in [-0.2, -0.15) is 0 Å². The van der Waals surface area contributed by atoms with Crippen molar-refractivity contribution in [2.45, 2.75) is 32.1 Å². The highest BCUT2D eigenvalue weighted by Gasteiger charge is 2.20. The maximum atomic E-state index is 11.8. The molecule has 0 saturated carbocycles. The van der Waals surface area contributed by atoms with Crippen molar-refractivity contribution in [1.29, 1.82) is 0 Å². The molecule has 6 nitrogen and oxygen atoms in total. The maximum absolute atomic E-state index is 11.8. The van der Waals surface area contributed by atoms with Crippen molar-refractivity contribution in [2.24, 2.45) is 10.6 Å². The van der Waals surface area contributed by atoms with Crippen molar-refractivity contribution in [3.05, 3.63) is 29.8 Å². The zero-order valence-electron chi connectivity index (χ0n) is 12.5. The zero-order valence-corrected chi connectivity index (χ0v) is 14.1. The van der Waals surface area contributed by atoms with E-state index in [1.165, 1.54) is 12.1 Å². The highest BCUT2D eigenvalue weighted by Crippen LogP contribution is 2.15. The second kappa shape index (κ2) is 6.43. The van der Waals surface area contributed by atoms with E-state index in [-0.39, 0.29) is 22.6 Å². The van der Waals surface area contributed by atoms with Gasteiger partial charge in [-0.1, -0.05) is 32.9 Å². The molecule has 1 rings (SSSR count). The monoisotopic (exact) mass is 334 g/mol. The van der Waals surface area contributed by atoms with E-state index in [2.05, 4.69) is 4.72 Å². The lowest BCUT2D eigenvalue weighted by Gasteiger charge is -2.18. The molecule has 21 heavy (non-hydrogen) atoms. The molecule has 0 fully saturated rings. The van der Waals surface area contributed by atoms with Gasteiger partial charge in [0.25, 0.3) is 0 Å². The van der Waals surface area contributed by atoms with E-state index in [9.17, 15) is 16.8 Å². The van der Waals surface area contributed by atoms with Crippen LogP contribution in [0.3, 0.4) is 0 Å². The SMILES string of the molecule is CC(C)(C)CS(=O)(=O)NCCc1ccc(S(N)(=O)=O)cc1. The van der Waals surface area contributed by atoms with Gasteiger partial charge in [0.15, 0.2) is 0 Å². The van der Waals surface area contributed by atoms with Crippen molar-refractivity contribution >= 4 is 20.0 Å². The number of benzene rings is 1. The summed E-state index contributed by atoms with van der Waals surface area (Å²) < 4.78 is 48.4. The molecule has 0 aliphatic heterocycles. The summed E-state index contributed by atoms with van der Waals surface area (Å²) in [5.41, 5.74) is 0.532. The molecular formula is C13H22N2O4S2. The molecule has 0 amide bonds. The molecule has 0 saturated heterocycles. The van der Waals surface area contributed by atoms with Crippen LogP contribution >= 0.6 is 0 Å². The smallest absolute Gasteiger partial charge is 0.225 e. The van der Waals surface area contributed by atoms with E-state index in [1.54, 1.807) is 12.1 Å². The molecule has 0 aliphatic carbocycles. The van der Waals surface area contributed by atoms with Gasteiger partial charge in [-0.05, 0) is 29.5 Å². The fourth-order valence-electron chi connectivity index (χ4n) is 1.82. The van der Waals surface area contributed by atoms with E-state index in [0.29, 0.717) is 6.42 Å². The number of nitrogens with one attached hydrogen (secondary N) is 1. The first-order valence-corrected chi connectivity index (χ1v) is 9.68. The Morgan fingerprint density at radius 1 is 1.05 bits per heavy atom. The molecule has 1 aromatic carbocycles. The summed E-state index contributed by atoms with van der Waals surface area (Å²) in [5.74, 6) is 0.0599. The van der Waals surface area contributed by atoms with Gasteiger partial charge in [0.1, 0.15) is 0 Å². The molecule has 0 unspecified atom stereocenters. The lowest BCUT2D eigenvalue weighted by molar-refractivity contribution is 0.458. The molecule has 0 spiro atoms. The summed E-state index contributed by atoms with van der Waals surface area (Å²) in [6, 6.07) is 6.07. The second-order valence-electron chi connectivity index (χ2n) is 6.15. The van der Waals surface area contributed by atoms with Crippen molar-refractivity contribution in [3.8, 4) is 0 Å². The summed E-state index contributed by atoms with van der Waals surface area (Å²) in [7, 11) is -7.00. The fraction of sp³-hybridized carbons (Fsp3) is 0.538. The van der Waals surface area contributed by atoms with Crippen LogP contribution in [0.4, 0.5) is 0 Å². The summed E-state index contributed by atoms with van der Waals surface area (Å²) in [6.45, 7) is 5.85. The molecule has 3 N–H and O–H groups in total. The topological polar surface area (TPSA) is 106 Å². The molecule has 120 valence electrons. The summed E-state index contributed by atoms with van der Waals surface area (Å²) >= 11 is 0. The van der Waals surface area contributed by atoms with Crippen LogP contribution in [0.2, 0.25) is 0 Å². The van der Waals surface area contributed by atoms with Crippen molar-refractivity contribution in [2.75, 3.05) is 12.3 Å². The van der Waals surface area contributed by atoms with Crippen LogP contribution < -0.4 is 9.86 Å². The van der Waals surface area contributed by atoms with Gasteiger partial charge in [0.05, 0.1) is 10.6 Å². The number of sulfonamides is 2. The quantitative estimate of drug-likeness (QED) is 0.804. The summed E-state index contributed by atoms with van der Waals surface area (Å²) in [6.07, 6.45) is 0.480. The van der Waals surface area contributed by atoms with Crippen molar-refractivity contribution in [1.82, 2.24) is 4.72 Å². The van der Waals surface area contributed by atoms with Gasteiger partial charge < -0.3 is 0 Å². The average Bonchev–Trinajstić information content (AvgIpc) is 2.24. The summed E-state index contributed by atoms with van der Waals surface area (Å²) in [5, 5.41) is 5.00. The molecule has 0 radical (unpaired) electrons. The molecule has 1 aromatic rings. The van der Waals surface area contributed by atoms with Gasteiger partial charge in [-0.3, -0.25) is 0 Å². The van der Waals surface area contributed by atoms with Crippen molar-refractivity contribution in [3.63, 3.8) is 0 Å². The van der Waals surface area contributed by atoms with Crippen LogP contribution in [-0.4, -0.2) is 29.1 Å². The first-order chi connectivity index (χ1) is 9.39. The largest absolute Gasteiger partial charge is 0.238 e. The normalized spacial score (nSPS) is 13.3. The Bertz CT molecular complexity index is 672. The van der Waals surface area contributed by atoms with E-state index in [1.807, 2.05) is 20.8 Å². The Morgan fingerprint density at radius 2 is 1.57 bits per heavy atom. The van der Waals surface area contributed by atoms with Gasteiger partial charge >= 0.3 is 0 Å². The fourth-order valence-corrected chi connectivity index (χ4v) is 3.99. The number of rotatable bonds is 6. The first kappa shape index (κ1) is 18.1. The van der Waals surface area contributed by atoms with Crippen LogP contribution in [0.1, 0.15) is 26.3 Å². The Morgan fingerprint density at radius 3 is 2.00 bits per heavy atom. The molecule has 8 heteroatoms. The van der Waals surface area contributed by atoms with Crippen LogP contribution in [-0.2, 0) is 26.5 Å². The van der Waals surface area contributed by atoms with E-state index >= 15 is 0 Å². The Balaban J connectivity index is 2.57. The number of hydrogen-bond acceptors (Lipinski definition) is 4. The van der Waals surface area contributed by atoms with Crippen LogP contribution in [0, 0.1) is 5.41 Å². The van der Waals surface area contributed by atoms with E-state index in [4.69, 9.17) is 5.14 Å². The standard InChI is InChI=1S/C13H22N2O4S2/c1-13(2,3)10-20(16,17)15-9-8-11-4-6-12(7-5-11)21(14,18)19/h4-7,15H,8-10H2,1-3H3,(H2,14,18,19). The minimum Gasteiger partial charge on any atom is -0.225 e. The highest BCUT2D eigenvalue weighted by molar-refractivity contribution is 7.89. The number of nitrogens with two attached hydrogens (primary N) is 1. The molecular weight excluding hydrogens is 312 g/mol. The van der Waals surface area contributed by atoms with Crippen LogP contribution in [0.5, 0.6) is 0 Å². The van der Waals surface area contributed by atoms with Crippen molar-refractivity contribution < 1.29 is 16.8 Å². The average molecular weight is 334 g/mol. The number of primary sulfonamides is 1. The lowest BCUT2D eigenvalue weighted by Crippen LogP contribution is -2.33. The van der Waals surface area contributed by atoms with Gasteiger partial charge in [0.2, 0.25) is 20.0 Å². The van der Waals surface area contributed by atoms with Crippen LogP contribution in [0.15, 0.2) is 29.2 Å². The third-order valence-corrected chi connectivity index (χ3v) is 5.43. The molecule has 0 heterocycles. The predicted octanol–water partition coefficient (Wildman–Crippen LogP) is 0.842. The molecule has 0 aromatic heterocycles. The Labute approximate surface area is 126 Å². The Kier molecular flexibility index (Phi) is 5.54. The lowest BCUT2D eigenvalue weighted by atomic mass is 10.0. The minimum atomic E-state index is -3.70. The van der Waals surface area contributed by atoms with Gasteiger partial charge in [0, 0.05) is 6.54 Å².